The van der Waals surface area contributed by atoms with Crippen molar-refractivity contribution in [2.75, 3.05) is 13.1 Å². The van der Waals surface area contributed by atoms with Crippen LogP contribution < -0.4 is 5.73 Å². The Labute approximate surface area is 125 Å². The maximum absolute atomic E-state index is 6.38. The Balaban J connectivity index is 1.84. The first-order valence-corrected chi connectivity index (χ1v) is 8.95. The van der Waals surface area contributed by atoms with Gasteiger partial charge in [-0.1, -0.05) is 33.6 Å². The van der Waals surface area contributed by atoms with Gasteiger partial charge < -0.3 is 5.73 Å². The summed E-state index contributed by atoms with van der Waals surface area (Å²) >= 11 is 0. The lowest BCUT2D eigenvalue weighted by Gasteiger charge is -2.47. The van der Waals surface area contributed by atoms with Crippen molar-refractivity contribution in [1.82, 2.24) is 4.90 Å². The highest BCUT2D eigenvalue weighted by atomic mass is 15.3. The molecule has 3 rings (SSSR count). The highest BCUT2D eigenvalue weighted by Crippen LogP contribution is 2.53. The summed E-state index contributed by atoms with van der Waals surface area (Å²) in [5.74, 6) is 1.72. The third-order valence-corrected chi connectivity index (χ3v) is 6.73. The van der Waals surface area contributed by atoms with Crippen LogP contribution in [-0.2, 0) is 0 Å². The van der Waals surface area contributed by atoms with Crippen molar-refractivity contribution in [3.05, 3.63) is 0 Å². The molecular formula is C18H34N2. The molecule has 0 aromatic heterocycles. The zero-order valence-electron chi connectivity index (χ0n) is 13.8. The molecule has 2 N–H and O–H groups in total. The predicted octanol–water partition coefficient (Wildman–Crippen LogP) is 3.79. The van der Waals surface area contributed by atoms with Gasteiger partial charge in [0, 0.05) is 18.1 Å². The molecule has 0 spiro atoms. The minimum atomic E-state index is 0.299. The molecule has 2 nitrogen and oxygen atoms in total. The van der Waals surface area contributed by atoms with Gasteiger partial charge in [-0.15, -0.1) is 0 Å². The zero-order chi connectivity index (χ0) is 14.4. The monoisotopic (exact) mass is 278 g/mol. The van der Waals surface area contributed by atoms with Gasteiger partial charge in [0.2, 0.25) is 0 Å². The van der Waals surface area contributed by atoms with Crippen molar-refractivity contribution >= 4 is 0 Å². The van der Waals surface area contributed by atoms with Crippen LogP contribution in [0, 0.1) is 17.3 Å². The third-order valence-electron chi connectivity index (χ3n) is 6.73. The van der Waals surface area contributed by atoms with Gasteiger partial charge in [0.1, 0.15) is 0 Å². The van der Waals surface area contributed by atoms with E-state index in [4.69, 9.17) is 5.73 Å². The van der Waals surface area contributed by atoms with E-state index < -0.39 is 0 Å². The van der Waals surface area contributed by atoms with Crippen LogP contribution >= 0.6 is 0 Å². The summed E-state index contributed by atoms with van der Waals surface area (Å²) in [5, 5.41) is 0. The average Bonchev–Trinajstić information content (AvgIpc) is 3.07. The Morgan fingerprint density at radius 3 is 2.35 bits per heavy atom. The van der Waals surface area contributed by atoms with Crippen molar-refractivity contribution in [3.8, 4) is 0 Å². The molecule has 3 unspecified atom stereocenters. The van der Waals surface area contributed by atoms with Crippen LogP contribution in [0.25, 0.3) is 0 Å². The number of rotatable bonds is 3. The van der Waals surface area contributed by atoms with Crippen LogP contribution in [0.4, 0.5) is 0 Å². The van der Waals surface area contributed by atoms with Crippen molar-refractivity contribution in [2.24, 2.45) is 23.0 Å². The molecule has 2 aliphatic carbocycles. The highest BCUT2D eigenvalue weighted by Gasteiger charge is 2.54. The Kier molecular flexibility index (Phi) is 3.92. The molecule has 3 atom stereocenters. The molecular weight excluding hydrogens is 244 g/mol. The van der Waals surface area contributed by atoms with Crippen molar-refractivity contribution in [2.45, 2.75) is 83.7 Å². The number of hydrogen-bond acceptors (Lipinski definition) is 2. The van der Waals surface area contributed by atoms with Crippen LogP contribution in [0.1, 0.15) is 72.1 Å². The Hall–Kier alpha value is -0.0800. The van der Waals surface area contributed by atoms with Gasteiger partial charge in [-0.2, -0.15) is 0 Å². The molecule has 3 fully saturated rings. The standard InChI is InChI=1S/C18H34N2/c1-14-11-17(2,3)12-18(14,13-19)20-10-6-9-16(20)15-7-4-5-8-15/h14-16H,4-13,19H2,1-3H3. The minimum Gasteiger partial charge on any atom is -0.329 e. The predicted molar refractivity (Wildman–Crippen MR) is 85.7 cm³/mol. The van der Waals surface area contributed by atoms with E-state index in [0.717, 1.165) is 24.4 Å². The summed E-state index contributed by atoms with van der Waals surface area (Å²) in [5.41, 5.74) is 7.15. The van der Waals surface area contributed by atoms with E-state index in [1.807, 2.05) is 0 Å². The van der Waals surface area contributed by atoms with Crippen LogP contribution in [-0.4, -0.2) is 29.6 Å². The van der Waals surface area contributed by atoms with E-state index in [9.17, 15) is 0 Å². The van der Waals surface area contributed by atoms with Crippen LogP contribution in [0.2, 0.25) is 0 Å². The topological polar surface area (TPSA) is 29.3 Å². The summed E-state index contributed by atoms with van der Waals surface area (Å²) in [4.78, 5) is 2.91. The van der Waals surface area contributed by atoms with E-state index in [0.29, 0.717) is 11.0 Å². The molecule has 0 bridgehead atoms. The Morgan fingerprint density at radius 2 is 1.80 bits per heavy atom. The summed E-state index contributed by atoms with van der Waals surface area (Å²) in [6.07, 6.45) is 11.4. The summed E-state index contributed by atoms with van der Waals surface area (Å²) in [6.45, 7) is 9.52. The van der Waals surface area contributed by atoms with Gasteiger partial charge in [0.15, 0.2) is 0 Å². The van der Waals surface area contributed by atoms with Gasteiger partial charge in [0.25, 0.3) is 0 Å². The smallest absolute Gasteiger partial charge is 0.0365 e. The molecule has 1 saturated heterocycles. The number of hydrogen-bond donors (Lipinski definition) is 1. The van der Waals surface area contributed by atoms with E-state index in [-0.39, 0.29) is 0 Å². The Morgan fingerprint density at radius 1 is 1.10 bits per heavy atom. The first-order valence-electron chi connectivity index (χ1n) is 8.95. The normalized spacial score (nSPS) is 42.6. The molecule has 20 heavy (non-hydrogen) atoms. The summed E-state index contributed by atoms with van der Waals surface area (Å²) in [7, 11) is 0. The van der Waals surface area contributed by atoms with E-state index >= 15 is 0 Å². The minimum absolute atomic E-state index is 0.299. The maximum Gasteiger partial charge on any atom is 0.0365 e. The lowest BCUT2D eigenvalue weighted by molar-refractivity contribution is 0.0255. The second kappa shape index (κ2) is 5.28. The van der Waals surface area contributed by atoms with Crippen molar-refractivity contribution < 1.29 is 0 Å². The number of likely N-dealkylation sites (tertiary alicyclic amines) is 1. The van der Waals surface area contributed by atoms with Crippen molar-refractivity contribution in [3.63, 3.8) is 0 Å². The van der Waals surface area contributed by atoms with Gasteiger partial charge in [-0.25, -0.2) is 0 Å². The largest absolute Gasteiger partial charge is 0.329 e. The maximum atomic E-state index is 6.38. The first kappa shape index (κ1) is 14.8. The number of nitrogens with zero attached hydrogens (tertiary/aromatic N) is 1. The molecule has 116 valence electrons. The molecule has 1 heterocycles. The van der Waals surface area contributed by atoms with Gasteiger partial charge in [-0.05, 0) is 62.3 Å². The molecule has 0 radical (unpaired) electrons. The fourth-order valence-corrected chi connectivity index (χ4v) is 6.05. The lowest BCUT2D eigenvalue weighted by Crippen LogP contribution is -2.58. The first-order chi connectivity index (χ1) is 9.48. The fraction of sp³-hybridized carbons (Fsp3) is 1.00. The lowest BCUT2D eigenvalue weighted by atomic mass is 9.82. The van der Waals surface area contributed by atoms with Crippen LogP contribution in [0.15, 0.2) is 0 Å². The molecule has 2 saturated carbocycles. The fourth-order valence-electron chi connectivity index (χ4n) is 6.05. The van der Waals surface area contributed by atoms with Crippen LogP contribution in [0.5, 0.6) is 0 Å². The summed E-state index contributed by atoms with van der Waals surface area (Å²) in [6, 6.07) is 0.845. The highest BCUT2D eigenvalue weighted by molar-refractivity contribution is 5.09. The second-order valence-electron chi connectivity index (χ2n) is 8.70. The Bertz CT molecular complexity index is 345. The van der Waals surface area contributed by atoms with Gasteiger partial charge in [-0.3, -0.25) is 4.90 Å². The number of nitrogens with two attached hydrogens (primary N) is 1. The molecule has 2 heteroatoms. The molecule has 0 aromatic carbocycles. The quantitative estimate of drug-likeness (QED) is 0.851. The van der Waals surface area contributed by atoms with Gasteiger partial charge in [0.05, 0.1) is 0 Å². The van der Waals surface area contributed by atoms with E-state index in [1.165, 1.54) is 57.9 Å². The molecule has 0 aromatic rings. The second-order valence-corrected chi connectivity index (χ2v) is 8.70. The third kappa shape index (κ3) is 2.33. The average molecular weight is 278 g/mol. The van der Waals surface area contributed by atoms with Gasteiger partial charge >= 0.3 is 0 Å². The molecule has 3 aliphatic rings. The molecule has 0 amide bonds. The zero-order valence-corrected chi connectivity index (χ0v) is 13.8. The van der Waals surface area contributed by atoms with E-state index in [1.54, 1.807) is 0 Å². The molecule has 1 aliphatic heterocycles. The van der Waals surface area contributed by atoms with Crippen molar-refractivity contribution in [1.29, 1.82) is 0 Å². The summed E-state index contributed by atoms with van der Waals surface area (Å²) < 4.78 is 0. The van der Waals surface area contributed by atoms with Crippen LogP contribution in [0.3, 0.4) is 0 Å². The SMILES string of the molecule is CC1CC(C)(C)CC1(CN)N1CCCC1C1CCCC1. The van der Waals surface area contributed by atoms with E-state index in [2.05, 4.69) is 25.7 Å².